The Morgan fingerprint density at radius 2 is 1.92 bits per heavy atom. The minimum Gasteiger partial charge on any atom is -0.383 e. The number of aryl methyl sites for hydroxylation is 1. The molecular formula is C18H20F3N3O. The van der Waals surface area contributed by atoms with Crippen molar-refractivity contribution < 1.29 is 18.0 Å². The Bertz CT molecular complexity index is 717. The van der Waals surface area contributed by atoms with Crippen LogP contribution in [0.4, 0.5) is 18.9 Å². The number of carbonyl (C=O) groups excluding carboxylic acids is 1. The molecule has 0 aliphatic heterocycles. The van der Waals surface area contributed by atoms with Crippen molar-refractivity contribution >= 4 is 11.6 Å². The van der Waals surface area contributed by atoms with Crippen molar-refractivity contribution in [1.29, 1.82) is 0 Å². The molecule has 1 aromatic carbocycles. The molecular weight excluding hydrogens is 331 g/mol. The third kappa shape index (κ3) is 5.77. The van der Waals surface area contributed by atoms with Crippen molar-refractivity contribution in [1.82, 2.24) is 4.98 Å². The summed E-state index contributed by atoms with van der Waals surface area (Å²) >= 11 is 0. The van der Waals surface area contributed by atoms with Gasteiger partial charge in [-0.3, -0.25) is 4.79 Å². The van der Waals surface area contributed by atoms with Crippen LogP contribution in [-0.2, 0) is 12.6 Å². The summed E-state index contributed by atoms with van der Waals surface area (Å²) < 4.78 is 38.0. The zero-order valence-electron chi connectivity index (χ0n) is 13.6. The predicted octanol–water partition coefficient (Wildman–Crippen LogP) is 4.02. The molecule has 1 amide bonds. The number of amides is 1. The highest BCUT2D eigenvalue weighted by atomic mass is 19.4. The Morgan fingerprint density at radius 3 is 2.64 bits per heavy atom. The summed E-state index contributed by atoms with van der Waals surface area (Å²) in [4.78, 5) is 15.2. The molecule has 0 unspecified atom stereocenters. The summed E-state index contributed by atoms with van der Waals surface area (Å²) in [6.07, 6.45) is 0.269. The topological polar surface area (TPSA) is 68.0 Å². The van der Waals surface area contributed by atoms with E-state index >= 15 is 0 Å². The lowest BCUT2D eigenvalue weighted by atomic mass is 10.0. The Labute approximate surface area is 144 Å². The van der Waals surface area contributed by atoms with Crippen molar-refractivity contribution in [3.63, 3.8) is 0 Å². The van der Waals surface area contributed by atoms with E-state index in [9.17, 15) is 18.0 Å². The highest BCUT2D eigenvalue weighted by molar-refractivity contribution is 5.96. The second-order valence-corrected chi connectivity index (χ2v) is 5.70. The van der Waals surface area contributed by atoms with Crippen LogP contribution < -0.4 is 11.1 Å². The number of unbranched alkanes of at least 4 members (excludes halogenated alkanes) is 2. The lowest BCUT2D eigenvalue weighted by molar-refractivity contribution is -0.137. The summed E-state index contributed by atoms with van der Waals surface area (Å²) in [5.41, 5.74) is 6.12. The first-order valence-corrected chi connectivity index (χ1v) is 8.03. The summed E-state index contributed by atoms with van der Waals surface area (Å²) in [6, 6.07) is 8.87. The molecule has 4 nitrogen and oxygen atoms in total. The predicted molar refractivity (Wildman–Crippen MR) is 90.2 cm³/mol. The molecule has 0 aliphatic rings. The number of halogens is 3. The summed E-state index contributed by atoms with van der Waals surface area (Å²) in [6.45, 7) is 0.633. The van der Waals surface area contributed by atoms with Gasteiger partial charge in [-0.25, -0.2) is 4.98 Å². The molecule has 0 saturated carbocycles. The summed E-state index contributed by atoms with van der Waals surface area (Å²) in [5.74, 6) is -0.590. The van der Waals surface area contributed by atoms with Gasteiger partial charge in [-0.1, -0.05) is 24.6 Å². The number of rotatable bonds is 8. The lowest BCUT2D eigenvalue weighted by Gasteiger charge is -2.10. The number of nitrogens with one attached hydrogen (secondary N) is 1. The van der Waals surface area contributed by atoms with E-state index in [4.69, 9.17) is 5.73 Å². The van der Waals surface area contributed by atoms with E-state index in [1.54, 1.807) is 18.2 Å². The zero-order chi connectivity index (χ0) is 18.3. The number of primary amides is 1. The van der Waals surface area contributed by atoms with Crippen molar-refractivity contribution in [3.8, 4) is 0 Å². The molecule has 25 heavy (non-hydrogen) atoms. The quantitative estimate of drug-likeness (QED) is 0.706. The molecule has 0 bridgehead atoms. The standard InChI is InChI=1S/C18H20F3N3O/c19-18(20,21)14-8-4-7-13(12-14)6-2-1-3-10-23-15-9-5-11-24-16(15)17(22)25/h4-5,7-9,11-12,23H,1-3,6,10H2,(H2,22,25). The Hall–Kier alpha value is -2.57. The number of pyridine rings is 1. The number of nitrogens with two attached hydrogens (primary N) is 1. The molecule has 0 fully saturated rings. The van der Waals surface area contributed by atoms with Gasteiger partial charge in [0.05, 0.1) is 11.3 Å². The number of hydrogen-bond donors (Lipinski definition) is 2. The number of nitrogens with zero attached hydrogens (tertiary/aromatic N) is 1. The molecule has 1 heterocycles. The minimum absolute atomic E-state index is 0.200. The third-order valence-electron chi connectivity index (χ3n) is 3.75. The van der Waals surface area contributed by atoms with Gasteiger partial charge in [0.2, 0.25) is 0 Å². The van der Waals surface area contributed by atoms with Gasteiger partial charge >= 0.3 is 6.18 Å². The van der Waals surface area contributed by atoms with E-state index < -0.39 is 17.6 Å². The minimum atomic E-state index is -4.30. The third-order valence-corrected chi connectivity index (χ3v) is 3.75. The van der Waals surface area contributed by atoms with Crippen molar-refractivity contribution in [2.45, 2.75) is 31.9 Å². The Kier molecular flexibility index (Phi) is 6.38. The van der Waals surface area contributed by atoms with Crippen LogP contribution in [0.3, 0.4) is 0 Å². The first-order valence-electron chi connectivity index (χ1n) is 8.03. The van der Waals surface area contributed by atoms with E-state index in [2.05, 4.69) is 10.3 Å². The van der Waals surface area contributed by atoms with Gasteiger partial charge < -0.3 is 11.1 Å². The molecule has 0 saturated heterocycles. The first kappa shape index (κ1) is 18.8. The van der Waals surface area contributed by atoms with Gasteiger partial charge in [-0.15, -0.1) is 0 Å². The molecule has 0 spiro atoms. The van der Waals surface area contributed by atoms with E-state index in [1.165, 1.54) is 18.3 Å². The van der Waals surface area contributed by atoms with Gasteiger partial charge in [0.1, 0.15) is 0 Å². The molecule has 3 N–H and O–H groups in total. The summed E-state index contributed by atoms with van der Waals surface area (Å²) in [7, 11) is 0. The van der Waals surface area contributed by atoms with Crippen molar-refractivity contribution in [2.24, 2.45) is 5.73 Å². The first-order chi connectivity index (χ1) is 11.9. The SMILES string of the molecule is NC(=O)c1ncccc1NCCCCCc1cccc(C(F)(F)F)c1. The molecule has 1 aromatic heterocycles. The van der Waals surface area contributed by atoms with Gasteiger partial charge in [0.15, 0.2) is 5.69 Å². The molecule has 134 valence electrons. The van der Waals surface area contributed by atoms with Gasteiger partial charge in [0, 0.05) is 12.7 Å². The highest BCUT2D eigenvalue weighted by Gasteiger charge is 2.30. The van der Waals surface area contributed by atoms with Crippen LogP contribution in [0.5, 0.6) is 0 Å². The van der Waals surface area contributed by atoms with E-state index in [0.717, 1.165) is 25.3 Å². The van der Waals surface area contributed by atoms with Crippen LogP contribution in [0.15, 0.2) is 42.6 Å². The maximum atomic E-state index is 12.7. The summed E-state index contributed by atoms with van der Waals surface area (Å²) in [5, 5.41) is 3.11. The van der Waals surface area contributed by atoms with Crippen LogP contribution in [0.1, 0.15) is 40.9 Å². The van der Waals surface area contributed by atoms with Crippen LogP contribution in [0.2, 0.25) is 0 Å². The number of carbonyl (C=O) groups is 1. The average molecular weight is 351 g/mol. The molecule has 0 radical (unpaired) electrons. The van der Waals surface area contributed by atoms with Gasteiger partial charge in [-0.05, 0) is 43.0 Å². The fourth-order valence-corrected chi connectivity index (χ4v) is 2.50. The lowest BCUT2D eigenvalue weighted by Crippen LogP contribution is -2.16. The normalized spacial score (nSPS) is 11.3. The van der Waals surface area contributed by atoms with E-state index in [1.807, 2.05) is 0 Å². The number of aromatic nitrogens is 1. The van der Waals surface area contributed by atoms with Gasteiger partial charge in [0.25, 0.3) is 5.91 Å². The molecule has 0 atom stereocenters. The molecule has 2 aromatic rings. The zero-order valence-corrected chi connectivity index (χ0v) is 13.6. The Balaban J connectivity index is 1.73. The molecule has 2 rings (SSSR count). The smallest absolute Gasteiger partial charge is 0.383 e. The van der Waals surface area contributed by atoms with Crippen LogP contribution in [0.25, 0.3) is 0 Å². The largest absolute Gasteiger partial charge is 0.416 e. The van der Waals surface area contributed by atoms with Crippen LogP contribution in [-0.4, -0.2) is 17.4 Å². The van der Waals surface area contributed by atoms with Crippen molar-refractivity contribution in [2.75, 3.05) is 11.9 Å². The number of benzene rings is 1. The fourth-order valence-electron chi connectivity index (χ4n) is 2.50. The van der Waals surface area contributed by atoms with Gasteiger partial charge in [-0.2, -0.15) is 13.2 Å². The van der Waals surface area contributed by atoms with Crippen molar-refractivity contribution in [3.05, 3.63) is 59.4 Å². The second kappa shape index (κ2) is 8.50. The monoisotopic (exact) mass is 351 g/mol. The average Bonchev–Trinajstić information content (AvgIpc) is 2.57. The highest BCUT2D eigenvalue weighted by Crippen LogP contribution is 2.29. The van der Waals surface area contributed by atoms with Crippen LogP contribution in [0, 0.1) is 0 Å². The fraction of sp³-hybridized carbons (Fsp3) is 0.333. The molecule has 7 heteroatoms. The molecule has 0 aliphatic carbocycles. The second-order valence-electron chi connectivity index (χ2n) is 5.70. The van der Waals surface area contributed by atoms with E-state index in [-0.39, 0.29) is 5.69 Å². The number of anilines is 1. The maximum Gasteiger partial charge on any atom is 0.416 e. The number of alkyl halides is 3. The van der Waals surface area contributed by atoms with E-state index in [0.29, 0.717) is 24.2 Å². The van der Waals surface area contributed by atoms with Crippen LogP contribution >= 0.6 is 0 Å². The maximum absolute atomic E-state index is 12.7. The Morgan fingerprint density at radius 1 is 1.12 bits per heavy atom. The number of hydrogen-bond acceptors (Lipinski definition) is 3.